The summed E-state index contributed by atoms with van der Waals surface area (Å²) in [5.74, 6) is 3.24. The Morgan fingerprint density at radius 1 is 1.35 bits per heavy atom. The fourth-order valence-corrected chi connectivity index (χ4v) is 2.54. The lowest BCUT2D eigenvalue weighted by molar-refractivity contribution is 0.174. The molecule has 1 heterocycles. The number of rotatable bonds is 7. The standard InChI is InChI=1S/C16H17NO2S/c1-2-8-19-16-6-4-3-5-13(16)10-17-11-15(18)14-7-9-20-12-14/h1,3-7,9,12,15,17-18H,8,10-11H2. The van der Waals surface area contributed by atoms with Crippen LogP contribution in [0.2, 0.25) is 0 Å². The topological polar surface area (TPSA) is 41.5 Å². The molecule has 2 rings (SSSR count). The first kappa shape index (κ1) is 14.6. The maximum atomic E-state index is 9.98. The van der Waals surface area contributed by atoms with Crippen LogP contribution in [0.5, 0.6) is 5.75 Å². The van der Waals surface area contributed by atoms with Gasteiger partial charge in [-0.1, -0.05) is 24.1 Å². The van der Waals surface area contributed by atoms with Crippen LogP contribution in [0.25, 0.3) is 0 Å². The highest BCUT2D eigenvalue weighted by molar-refractivity contribution is 7.07. The highest BCUT2D eigenvalue weighted by Crippen LogP contribution is 2.18. The van der Waals surface area contributed by atoms with E-state index in [4.69, 9.17) is 11.2 Å². The predicted molar refractivity (Wildman–Crippen MR) is 81.8 cm³/mol. The molecule has 1 aromatic carbocycles. The van der Waals surface area contributed by atoms with Gasteiger partial charge >= 0.3 is 0 Å². The Hall–Kier alpha value is -1.80. The van der Waals surface area contributed by atoms with Crippen LogP contribution in [0.15, 0.2) is 41.1 Å². The summed E-state index contributed by atoms with van der Waals surface area (Å²) in [6, 6.07) is 9.67. The zero-order valence-corrected chi connectivity index (χ0v) is 11.9. The van der Waals surface area contributed by atoms with E-state index >= 15 is 0 Å². The van der Waals surface area contributed by atoms with E-state index in [1.165, 1.54) is 0 Å². The van der Waals surface area contributed by atoms with Gasteiger partial charge in [-0.05, 0) is 28.5 Å². The zero-order chi connectivity index (χ0) is 14.2. The monoisotopic (exact) mass is 287 g/mol. The van der Waals surface area contributed by atoms with Crippen molar-refractivity contribution in [1.82, 2.24) is 5.32 Å². The molecule has 1 atom stereocenters. The SMILES string of the molecule is C#CCOc1ccccc1CNCC(O)c1ccsc1. The molecule has 20 heavy (non-hydrogen) atoms. The highest BCUT2D eigenvalue weighted by atomic mass is 32.1. The van der Waals surface area contributed by atoms with Gasteiger partial charge in [-0.15, -0.1) is 6.42 Å². The van der Waals surface area contributed by atoms with Crippen LogP contribution >= 0.6 is 11.3 Å². The van der Waals surface area contributed by atoms with Crippen molar-refractivity contribution in [1.29, 1.82) is 0 Å². The quantitative estimate of drug-likeness (QED) is 0.769. The first-order valence-corrected chi connectivity index (χ1v) is 7.30. The number of para-hydroxylation sites is 1. The number of aliphatic hydroxyl groups is 1. The van der Waals surface area contributed by atoms with Gasteiger partial charge in [0.1, 0.15) is 12.4 Å². The van der Waals surface area contributed by atoms with E-state index in [1.54, 1.807) is 11.3 Å². The molecule has 3 nitrogen and oxygen atoms in total. The van der Waals surface area contributed by atoms with Gasteiger partial charge in [-0.2, -0.15) is 11.3 Å². The summed E-state index contributed by atoms with van der Waals surface area (Å²) in [5.41, 5.74) is 1.97. The molecule has 4 heteroatoms. The van der Waals surface area contributed by atoms with E-state index in [2.05, 4.69) is 11.2 Å². The largest absolute Gasteiger partial charge is 0.481 e. The third-order valence-electron chi connectivity index (χ3n) is 2.86. The van der Waals surface area contributed by atoms with Crippen LogP contribution in [-0.4, -0.2) is 18.3 Å². The Bertz CT molecular complexity index is 560. The molecule has 1 unspecified atom stereocenters. The molecule has 2 N–H and O–H groups in total. The van der Waals surface area contributed by atoms with Gasteiger partial charge in [0.2, 0.25) is 0 Å². The van der Waals surface area contributed by atoms with Crippen LogP contribution < -0.4 is 10.1 Å². The summed E-state index contributed by atoms with van der Waals surface area (Å²) in [7, 11) is 0. The minimum Gasteiger partial charge on any atom is -0.481 e. The van der Waals surface area contributed by atoms with E-state index in [1.807, 2.05) is 41.1 Å². The average molecular weight is 287 g/mol. The second-order valence-electron chi connectivity index (χ2n) is 4.30. The van der Waals surface area contributed by atoms with E-state index in [9.17, 15) is 5.11 Å². The molecule has 0 saturated carbocycles. The summed E-state index contributed by atoms with van der Waals surface area (Å²) in [5, 5.41) is 17.1. The number of nitrogens with one attached hydrogen (secondary N) is 1. The molecule has 0 saturated heterocycles. The summed E-state index contributed by atoms with van der Waals surface area (Å²) >= 11 is 1.58. The molecule has 0 amide bonds. The lowest BCUT2D eigenvalue weighted by Gasteiger charge is -2.13. The number of benzene rings is 1. The molecular weight excluding hydrogens is 270 g/mol. The first-order valence-electron chi connectivity index (χ1n) is 6.36. The van der Waals surface area contributed by atoms with Gasteiger partial charge < -0.3 is 15.2 Å². The Labute approximate surface area is 123 Å². The summed E-state index contributed by atoms with van der Waals surface area (Å²) < 4.78 is 5.48. The fourth-order valence-electron chi connectivity index (χ4n) is 1.84. The van der Waals surface area contributed by atoms with Crippen LogP contribution in [0.4, 0.5) is 0 Å². The van der Waals surface area contributed by atoms with Crippen molar-refractivity contribution in [3.05, 3.63) is 52.2 Å². The highest BCUT2D eigenvalue weighted by Gasteiger charge is 2.08. The second-order valence-corrected chi connectivity index (χ2v) is 5.08. The van der Waals surface area contributed by atoms with Crippen molar-refractivity contribution in [3.8, 4) is 18.1 Å². The maximum absolute atomic E-state index is 9.98. The molecule has 0 fully saturated rings. The van der Waals surface area contributed by atoms with Crippen molar-refractivity contribution in [2.45, 2.75) is 12.6 Å². The first-order chi connectivity index (χ1) is 9.81. The van der Waals surface area contributed by atoms with Gasteiger partial charge in [0.15, 0.2) is 0 Å². The molecule has 0 aliphatic heterocycles. The molecule has 2 aromatic rings. The number of terminal acetylenes is 1. The van der Waals surface area contributed by atoms with Gasteiger partial charge in [-0.3, -0.25) is 0 Å². The zero-order valence-electron chi connectivity index (χ0n) is 11.1. The normalized spacial score (nSPS) is 11.8. The predicted octanol–water partition coefficient (Wildman–Crippen LogP) is 2.58. The maximum Gasteiger partial charge on any atom is 0.148 e. The minimum absolute atomic E-state index is 0.258. The van der Waals surface area contributed by atoms with Gasteiger partial charge in [-0.25, -0.2) is 0 Å². The number of ether oxygens (including phenoxy) is 1. The molecular formula is C16H17NO2S. The lowest BCUT2D eigenvalue weighted by atomic mass is 10.1. The Morgan fingerprint density at radius 2 is 2.20 bits per heavy atom. The summed E-state index contributed by atoms with van der Waals surface area (Å²) in [6.45, 7) is 1.39. The van der Waals surface area contributed by atoms with Gasteiger partial charge in [0.25, 0.3) is 0 Å². The van der Waals surface area contributed by atoms with Crippen LogP contribution in [0.1, 0.15) is 17.2 Å². The summed E-state index contributed by atoms with van der Waals surface area (Å²) in [4.78, 5) is 0. The molecule has 0 bridgehead atoms. The van der Waals surface area contributed by atoms with Crippen LogP contribution in [0, 0.1) is 12.3 Å². The smallest absolute Gasteiger partial charge is 0.148 e. The number of hydrogen-bond donors (Lipinski definition) is 2. The van der Waals surface area contributed by atoms with E-state index in [-0.39, 0.29) is 6.61 Å². The average Bonchev–Trinajstić information content (AvgIpc) is 3.00. The Morgan fingerprint density at radius 3 is 2.95 bits per heavy atom. The van der Waals surface area contributed by atoms with Gasteiger partial charge in [0.05, 0.1) is 6.10 Å². The van der Waals surface area contributed by atoms with E-state index < -0.39 is 6.10 Å². The molecule has 0 aliphatic rings. The Balaban J connectivity index is 1.86. The number of aliphatic hydroxyl groups excluding tert-OH is 1. The summed E-state index contributed by atoms with van der Waals surface area (Å²) in [6.07, 6.45) is 4.71. The molecule has 0 aliphatic carbocycles. The van der Waals surface area contributed by atoms with Crippen molar-refractivity contribution < 1.29 is 9.84 Å². The third kappa shape index (κ3) is 4.10. The fraction of sp³-hybridized carbons (Fsp3) is 0.250. The minimum atomic E-state index is -0.486. The van der Waals surface area contributed by atoms with Crippen molar-refractivity contribution in [2.24, 2.45) is 0 Å². The molecule has 0 radical (unpaired) electrons. The molecule has 1 aromatic heterocycles. The third-order valence-corrected chi connectivity index (χ3v) is 3.57. The second kappa shape index (κ2) is 7.71. The lowest BCUT2D eigenvalue weighted by Crippen LogP contribution is -2.21. The number of thiophene rings is 1. The number of hydrogen-bond acceptors (Lipinski definition) is 4. The Kier molecular flexibility index (Phi) is 5.63. The van der Waals surface area contributed by atoms with Gasteiger partial charge in [0, 0.05) is 18.7 Å². The van der Waals surface area contributed by atoms with E-state index in [0.717, 1.165) is 16.9 Å². The molecule has 0 spiro atoms. The van der Waals surface area contributed by atoms with Crippen LogP contribution in [0.3, 0.4) is 0 Å². The van der Waals surface area contributed by atoms with E-state index in [0.29, 0.717) is 13.1 Å². The molecule has 104 valence electrons. The van der Waals surface area contributed by atoms with Crippen LogP contribution in [-0.2, 0) is 6.54 Å². The van der Waals surface area contributed by atoms with Crippen molar-refractivity contribution in [3.63, 3.8) is 0 Å². The van der Waals surface area contributed by atoms with Crippen molar-refractivity contribution in [2.75, 3.05) is 13.2 Å². The van der Waals surface area contributed by atoms with Crippen molar-refractivity contribution >= 4 is 11.3 Å².